The Morgan fingerprint density at radius 2 is 1.80 bits per heavy atom. The van der Waals surface area contributed by atoms with E-state index in [0.717, 1.165) is 16.3 Å². The molecule has 0 saturated heterocycles. The van der Waals surface area contributed by atoms with E-state index >= 15 is 0 Å². The molecule has 2 aromatic rings. The van der Waals surface area contributed by atoms with Gasteiger partial charge in [-0.2, -0.15) is 0 Å². The molecule has 2 aromatic carbocycles. The number of benzene rings is 2. The minimum atomic E-state index is 1.04. The zero-order chi connectivity index (χ0) is 13.9. The SMILES string of the molecule is CN(C)c1ccc(C=C=C2Nc3ccccc3S2)cc1. The molecule has 0 atom stereocenters. The van der Waals surface area contributed by atoms with E-state index in [9.17, 15) is 0 Å². The van der Waals surface area contributed by atoms with E-state index < -0.39 is 0 Å². The Labute approximate surface area is 123 Å². The zero-order valence-corrected chi connectivity index (χ0v) is 12.4. The molecule has 1 heterocycles. The first-order valence-corrected chi connectivity index (χ1v) is 7.32. The third kappa shape index (κ3) is 2.74. The summed E-state index contributed by atoms with van der Waals surface area (Å²) in [5.41, 5.74) is 6.85. The molecule has 0 radical (unpaired) electrons. The highest BCUT2D eigenvalue weighted by Gasteiger charge is 2.13. The Kier molecular flexibility index (Phi) is 3.55. The van der Waals surface area contributed by atoms with Crippen LogP contribution in [-0.4, -0.2) is 14.1 Å². The lowest BCUT2D eigenvalue weighted by Gasteiger charge is -2.11. The highest BCUT2D eigenvalue weighted by Crippen LogP contribution is 2.39. The lowest BCUT2D eigenvalue weighted by atomic mass is 10.2. The average molecular weight is 280 g/mol. The molecule has 1 N–H and O–H groups in total. The number of para-hydroxylation sites is 1. The molecule has 3 heteroatoms. The van der Waals surface area contributed by atoms with Gasteiger partial charge in [0.05, 0.1) is 5.69 Å². The smallest absolute Gasteiger partial charge is 0.121 e. The second-order valence-corrected chi connectivity index (χ2v) is 5.88. The van der Waals surface area contributed by atoms with Crippen LogP contribution in [0.25, 0.3) is 6.08 Å². The van der Waals surface area contributed by atoms with Crippen LogP contribution in [0.5, 0.6) is 0 Å². The molecule has 0 unspecified atom stereocenters. The van der Waals surface area contributed by atoms with Crippen molar-refractivity contribution in [2.75, 3.05) is 24.3 Å². The van der Waals surface area contributed by atoms with Gasteiger partial charge in [0.2, 0.25) is 0 Å². The lowest BCUT2D eigenvalue weighted by molar-refractivity contribution is 1.13. The van der Waals surface area contributed by atoms with Gasteiger partial charge in [0.1, 0.15) is 5.03 Å². The summed E-state index contributed by atoms with van der Waals surface area (Å²) >= 11 is 1.72. The lowest BCUT2D eigenvalue weighted by Crippen LogP contribution is -2.07. The highest BCUT2D eigenvalue weighted by atomic mass is 32.2. The Bertz CT molecular complexity index is 653. The van der Waals surface area contributed by atoms with Crippen LogP contribution in [0.4, 0.5) is 11.4 Å². The molecule has 0 amide bonds. The number of hydrogen-bond donors (Lipinski definition) is 1. The van der Waals surface area contributed by atoms with Crippen LogP contribution in [0.1, 0.15) is 5.56 Å². The first-order valence-electron chi connectivity index (χ1n) is 6.50. The third-order valence-corrected chi connectivity index (χ3v) is 4.13. The van der Waals surface area contributed by atoms with Gasteiger partial charge in [0, 0.05) is 24.7 Å². The average Bonchev–Trinajstić information content (AvgIpc) is 2.88. The quantitative estimate of drug-likeness (QED) is 0.820. The molecule has 0 aliphatic carbocycles. The van der Waals surface area contributed by atoms with Gasteiger partial charge < -0.3 is 10.2 Å². The van der Waals surface area contributed by atoms with Crippen LogP contribution in [0.15, 0.2) is 64.2 Å². The second-order valence-electron chi connectivity index (χ2n) is 4.83. The first kappa shape index (κ1) is 12.9. The Balaban J connectivity index is 1.80. The van der Waals surface area contributed by atoms with Crippen molar-refractivity contribution in [1.29, 1.82) is 0 Å². The Hall–Kier alpha value is -2.09. The van der Waals surface area contributed by atoms with Gasteiger partial charge in [-0.25, -0.2) is 0 Å². The first-order chi connectivity index (χ1) is 9.72. The molecule has 0 aromatic heterocycles. The zero-order valence-electron chi connectivity index (χ0n) is 11.6. The maximum absolute atomic E-state index is 3.36. The van der Waals surface area contributed by atoms with E-state index in [0.29, 0.717) is 0 Å². The monoisotopic (exact) mass is 280 g/mol. The molecule has 1 aliphatic rings. The summed E-state index contributed by atoms with van der Waals surface area (Å²) in [6.07, 6.45) is 2.01. The summed E-state index contributed by atoms with van der Waals surface area (Å²) < 4.78 is 0. The second kappa shape index (κ2) is 5.49. The molecule has 100 valence electrons. The molecule has 2 nitrogen and oxygen atoms in total. The summed E-state index contributed by atoms with van der Waals surface area (Å²) in [5, 5.41) is 4.41. The molecular weight excluding hydrogens is 264 g/mol. The van der Waals surface area contributed by atoms with Gasteiger partial charge >= 0.3 is 0 Å². The van der Waals surface area contributed by atoms with Crippen LogP contribution >= 0.6 is 11.8 Å². The number of rotatable bonds is 2. The van der Waals surface area contributed by atoms with E-state index in [2.05, 4.69) is 58.4 Å². The molecule has 0 bridgehead atoms. The van der Waals surface area contributed by atoms with E-state index in [1.165, 1.54) is 10.6 Å². The topological polar surface area (TPSA) is 15.3 Å². The Morgan fingerprint density at radius 1 is 1.05 bits per heavy atom. The largest absolute Gasteiger partial charge is 0.378 e. The maximum atomic E-state index is 3.36. The van der Waals surface area contributed by atoms with Crippen molar-refractivity contribution in [3.63, 3.8) is 0 Å². The fraction of sp³-hybridized carbons (Fsp3) is 0.118. The van der Waals surface area contributed by atoms with Crippen molar-refractivity contribution in [2.24, 2.45) is 0 Å². The maximum Gasteiger partial charge on any atom is 0.121 e. The molecule has 0 fully saturated rings. The van der Waals surface area contributed by atoms with E-state index in [4.69, 9.17) is 0 Å². The fourth-order valence-electron chi connectivity index (χ4n) is 2.00. The summed E-state index contributed by atoms with van der Waals surface area (Å²) in [7, 11) is 4.09. The van der Waals surface area contributed by atoms with Crippen molar-refractivity contribution < 1.29 is 0 Å². The fourth-order valence-corrected chi connectivity index (χ4v) is 2.87. The van der Waals surface area contributed by atoms with Crippen molar-refractivity contribution in [3.05, 3.63) is 64.9 Å². The summed E-state index contributed by atoms with van der Waals surface area (Å²) in [4.78, 5) is 3.35. The third-order valence-electron chi connectivity index (χ3n) is 3.13. The van der Waals surface area contributed by atoms with Gasteiger partial charge in [0.15, 0.2) is 0 Å². The van der Waals surface area contributed by atoms with Crippen LogP contribution in [0.3, 0.4) is 0 Å². The van der Waals surface area contributed by atoms with Gasteiger partial charge in [-0.15, -0.1) is 0 Å². The van der Waals surface area contributed by atoms with E-state index in [1.54, 1.807) is 11.8 Å². The minimum Gasteiger partial charge on any atom is -0.378 e. The number of anilines is 2. The predicted molar refractivity (Wildman–Crippen MR) is 88.2 cm³/mol. The van der Waals surface area contributed by atoms with Crippen LogP contribution in [0.2, 0.25) is 0 Å². The molecule has 0 spiro atoms. The predicted octanol–water partition coefficient (Wildman–Crippen LogP) is 4.42. The van der Waals surface area contributed by atoms with Crippen LogP contribution in [0, 0.1) is 0 Å². The summed E-state index contributed by atoms with van der Waals surface area (Å²) in [5.74, 6) is 0. The molecule has 0 saturated carbocycles. The van der Waals surface area contributed by atoms with E-state index in [-0.39, 0.29) is 0 Å². The number of nitrogens with one attached hydrogen (secondary N) is 1. The van der Waals surface area contributed by atoms with Crippen molar-refractivity contribution in [2.45, 2.75) is 4.90 Å². The van der Waals surface area contributed by atoms with Crippen molar-refractivity contribution >= 4 is 29.2 Å². The number of thioether (sulfide) groups is 1. The molecule has 20 heavy (non-hydrogen) atoms. The van der Waals surface area contributed by atoms with E-state index in [1.807, 2.05) is 26.2 Å². The summed E-state index contributed by atoms with van der Waals surface area (Å²) in [6, 6.07) is 16.7. The summed E-state index contributed by atoms with van der Waals surface area (Å²) in [6.45, 7) is 0. The van der Waals surface area contributed by atoms with Gasteiger partial charge in [-0.3, -0.25) is 0 Å². The standard InChI is InChI=1S/C17H16N2S/c1-19(2)14-10-7-13(8-11-14)9-12-17-18-15-5-3-4-6-16(15)20-17/h3-11,18H,1-2H3. The number of nitrogens with zero attached hydrogens (tertiary/aromatic N) is 1. The van der Waals surface area contributed by atoms with Crippen LogP contribution in [-0.2, 0) is 0 Å². The molecule has 1 aliphatic heterocycles. The van der Waals surface area contributed by atoms with Crippen molar-refractivity contribution in [3.8, 4) is 0 Å². The normalized spacial score (nSPS) is 12.4. The van der Waals surface area contributed by atoms with Gasteiger partial charge in [-0.05, 0) is 35.9 Å². The minimum absolute atomic E-state index is 1.04. The highest BCUT2D eigenvalue weighted by molar-refractivity contribution is 8.03. The Morgan fingerprint density at radius 3 is 2.50 bits per heavy atom. The van der Waals surface area contributed by atoms with Crippen LogP contribution < -0.4 is 10.2 Å². The van der Waals surface area contributed by atoms with Crippen molar-refractivity contribution in [1.82, 2.24) is 0 Å². The number of hydrogen-bond acceptors (Lipinski definition) is 3. The molecule has 3 rings (SSSR count). The van der Waals surface area contributed by atoms with Gasteiger partial charge in [0.25, 0.3) is 0 Å². The number of fused-ring (bicyclic) bond motifs is 1. The molecular formula is C17H16N2S. The van der Waals surface area contributed by atoms with Gasteiger partial charge in [-0.1, -0.05) is 41.8 Å².